The Balaban J connectivity index is 2.11. The van der Waals surface area contributed by atoms with Crippen LogP contribution in [0.2, 0.25) is 0 Å². The smallest absolute Gasteiger partial charge is 0.334 e. The maximum Gasteiger partial charge on any atom is 0.334 e. The fraction of sp³-hybridized carbons (Fsp3) is 0.429. The van der Waals surface area contributed by atoms with Crippen molar-refractivity contribution in [3.63, 3.8) is 0 Å². The van der Waals surface area contributed by atoms with E-state index in [1.54, 1.807) is 13.2 Å². The van der Waals surface area contributed by atoms with Crippen molar-refractivity contribution in [3.05, 3.63) is 22.2 Å². The van der Waals surface area contributed by atoms with Crippen molar-refractivity contribution in [2.24, 2.45) is 0 Å². The summed E-state index contributed by atoms with van der Waals surface area (Å²) < 4.78 is 32.8. The molecule has 11 heteroatoms. The van der Waals surface area contributed by atoms with Gasteiger partial charge in [0.15, 0.2) is 5.13 Å². The summed E-state index contributed by atoms with van der Waals surface area (Å²) in [7, 11) is -2.35. The summed E-state index contributed by atoms with van der Waals surface area (Å²) in [6.45, 7) is 4.13. The van der Waals surface area contributed by atoms with Crippen molar-refractivity contribution in [2.45, 2.75) is 35.3 Å². The summed E-state index contributed by atoms with van der Waals surface area (Å²) in [6, 6.07) is 0.736. The van der Waals surface area contributed by atoms with E-state index >= 15 is 0 Å². The van der Waals surface area contributed by atoms with Crippen LogP contribution in [0.5, 0.6) is 0 Å². The number of rotatable bonds is 7. The third kappa shape index (κ3) is 4.94. The van der Waals surface area contributed by atoms with E-state index in [9.17, 15) is 13.2 Å². The number of anilines is 1. The Bertz CT molecular complexity index is 858. The molecule has 0 unspecified atom stereocenters. The van der Waals surface area contributed by atoms with E-state index in [1.807, 2.05) is 24.8 Å². The molecule has 2 aromatic rings. The van der Waals surface area contributed by atoms with E-state index in [4.69, 9.17) is 4.74 Å². The average Bonchev–Trinajstić information content (AvgIpc) is 3.10. The Labute approximate surface area is 159 Å². The van der Waals surface area contributed by atoms with Gasteiger partial charge < -0.3 is 4.74 Å². The van der Waals surface area contributed by atoms with Gasteiger partial charge in [0, 0.05) is 12.0 Å². The second-order valence-electron chi connectivity index (χ2n) is 4.98. The third-order valence-electron chi connectivity index (χ3n) is 3.16. The van der Waals surface area contributed by atoms with Gasteiger partial charge in [-0.2, -0.15) is 0 Å². The van der Waals surface area contributed by atoms with Gasteiger partial charge in [-0.05, 0) is 31.2 Å². The van der Waals surface area contributed by atoms with Crippen LogP contribution in [0.15, 0.2) is 14.5 Å². The topological polar surface area (TPSA) is 97.4 Å². The van der Waals surface area contributed by atoms with Crippen LogP contribution in [0.25, 0.3) is 0 Å². The second kappa shape index (κ2) is 8.49. The second-order valence-corrected chi connectivity index (χ2v) is 10.1. The van der Waals surface area contributed by atoms with Crippen LogP contribution in [0, 0.1) is 6.92 Å². The van der Waals surface area contributed by atoms with Crippen LogP contribution in [-0.2, 0) is 27.8 Å². The van der Waals surface area contributed by atoms with Crippen LogP contribution < -0.4 is 10.0 Å². The largest absolute Gasteiger partial charge is 0.378 e. The minimum Gasteiger partial charge on any atom is -0.378 e. The number of nitrogens with zero attached hydrogens (tertiary/aromatic N) is 1. The number of ether oxygens (including phenoxy) is 1. The number of aromatic nitrogens is 1. The molecule has 0 radical (unpaired) electrons. The number of hydrogen-bond acceptors (Lipinski definition) is 8. The first-order valence-electron chi connectivity index (χ1n) is 7.26. The van der Waals surface area contributed by atoms with Gasteiger partial charge in [0.2, 0.25) is 0 Å². The van der Waals surface area contributed by atoms with E-state index in [0.717, 1.165) is 21.1 Å². The lowest BCUT2D eigenvalue weighted by molar-refractivity contribution is 0.180. The summed E-state index contributed by atoms with van der Waals surface area (Å²) in [5, 5.41) is 2.79. The molecule has 7 nitrogen and oxygen atoms in total. The van der Waals surface area contributed by atoms with Gasteiger partial charge in [0.05, 0.1) is 16.5 Å². The summed E-state index contributed by atoms with van der Waals surface area (Å²) in [4.78, 5) is 17.3. The number of thiophene rings is 1. The molecule has 0 saturated heterocycles. The van der Waals surface area contributed by atoms with Crippen molar-refractivity contribution in [1.82, 2.24) is 9.71 Å². The summed E-state index contributed by atoms with van der Waals surface area (Å²) in [5.41, 5.74) is 1.61. The SMILES string of the molecule is CCc1sc(S(=O)(=O)NC(=O)Nc2nc(COC)c(SC)s2)cc1C. The van der Waals surface area contributed by atoms with E-state index in [1.165, 1.54) is 34.4 Å². The molecule has 0 bridgehead atoms. The molecule has 2 heterocycles. The highest BCUT2D eigenvalue weighted by Gasteiger charge is 2.22. The molecule has 0 atom stereocenters. The fourth-order valence-electron chi connectivity index (χ4n) is 2.05. The molecule has 0 fully saturated rings. The van der Waals surface area contributed by atoms with Crippen molar-refractivity contribution < 1.29 is 17.9 Å². The number of carbonyl (C=O) groups excluding carboxylic acids is 1. The standard InChI is InChI=1S/C14H19N3O4S4/c1-5-10-8(2)6-11(23-10)25(19,20)17-13(18)16-14-15-9(7-21-3)12(22-4)24-14/h6H,5,7H2,1-4H3,(H2,15,16,17,18). The summed E-state index contributed by atoms with van der Waals surface area (Å²) in [6.07, 6.45) is 2.64. The normalized spacial score (nSPS) is 11.5. The quantitative estimate of drug-likeness (QED) is 0.665. The number of thioether (sulfide) groups is 1. The van der Waals surface area contributed by atoms with Gasteiger partial charge in [-0.1, -0.05) is 18.3 Å². The third-order valence-corrected chi connectivity index (χ3v) is 8.51. The van der Waals surface area contributed by atoms with Crippen LogP contribution in [-0.4, -0.2) is 32.8 Å². The Morgan fingerprint density at radius 3 is 2.68 bits per heavy atom. The minimum atomic E-state index is -3.91. The maximum atomic E-state index is 12.3. The lowest BCUT2D eigenvalue weighted by atomic mass is 10.2. The van der Waals surface area contributed by atoms with Gasteiger partial charge in [0.1, 0.15) is 4.21 Å². The Morgan fingerprint density at radius 1 is 1.40 bits per heavy atom. The van der Waals surface area contributed by atoms with Crippen LogP contribution in [0.4, 0.5) is 9.93 Å². The van der Waals surface area contributed by atoms with Gasteiger partial charge in [-0.15, -0.1) is 23.1 Å². The van der Waals surface area contributed by atoms with Gasteiger partial charge in [0.25, 0.3) is 10.0 Å². The first kappa shape index (κ1) is 20.2. The van der Waals surface area contributed by atoms with E-state index in [-0.39, 0.29) is 4.21 Å². The van der Waals surface area contributed by atoms with Gasteiger partial charge in [-0.3, -0.25) is 5.32 Å². The van der Waals surface area contributed by atoms with Crippen molar-refractivity contribution in [3.8, 4) is 0 Å². The molecule has 2 amide bonds. The highest BCUT2D eigenvalue weighted by molar-refractivity contribution is 8.00. The number of nitrogens with one attached hydrogen (secondary N) is 2. The predicted octanol–water partition coefficient (Wildman–Crippen LogP) is 3.45. The molecule has 0 aliphatic heterocycles. The molecule has 2 N–H and O–H groups in total. The summed E-state index contributed by atoms with van der Waals surface area (Å²) in [5.74, 6) is 0. The first-order chi connectivity index (χ1) is 11.8. The van der Waals surface area contributed by atoms with Crippen molar-refractivity contribution >= 4 is 55.6 Å². The molecule has 2 rings (SSSR count). The number of thiazole rings is 1. The number of sulfonamides is 1. The van der Waals surface area contributed by atoms with Crippen LogP contribution in [0.3, 0.4) is 0 Å². The minimum absolute atomic E-state index is 0.126. The molecule has 0 saturated carbocycles. The monoisotopic (exact) mass is 421 g/mol. The van der Waals surface area contributed by atoms with Crippen LogP contribution in [0.1, 0.15) is 23.1 Å². The number of carbonyl (C=O) groups is 1. The molecular formula is C14H19N3O4S4. The molecular weight excluding hydrogens is 402 g/mol. The molecule has 2 aromatic heterocycles. The number of amides is 2. The highest BCUT2D eigenvalue weighted by Crippen LogP contribution is 2.31. The Morgan fingerprint density at radius 2 is 2.12 bits per heavy atom. The van der Waals surface area contributed by atoms with Crippen molar-refractivity contribution in [2.75, 3.05) is 18.7 Å². The van der Waals surface area contributed by atoms with Gasteiger partial charge >= 0.3 is 6.03 Å². The summed E-state index contributed by atoms with van der Waals surface area (Å²) >= 11 is 3.92. The highest BCUT2D eigenvalue weighted by atomic mass is 32.2. The van der Waals surface area contributed by atoms with Crippen LogP contribution >= 0.6 is 34.4 Å². The zero-order chi connectivity index (χ0) is 18.6. The zero-order valence-corrected chi connectivity index (χ0v) is 17.5. The lowest BCUT2D eigenvalue weighted by Crippen LogP contribution is -2.33. The van der Waals surface area contributed by atoms with E-state index in [0.29, 0.717) is 17.4 Å². The zero-order valence-electron chi connectivity index (χ0n) is 14.2. The fourth-order valence-corrected chi connectivity index (χ4v) is 6.09. The van der Waals surface area contributed by atoms with E-state index in [2.05, 4.69) is 10.3 Å². The Kier molecular flexibility index (Phi) is 6.86. The molecule has 25 heavy (non-hydrogen) atoms. The molecule has 0 spiro atoms. The average molecular weight is 422 g/mol. The molecule has 0 aliphatic rings. The van der Waals surface area contributed by atoms with E-state index < -0.39 is 16.1 Å². The number of methoxy groups -OCH3 is 1. The number of hydrogen-bond donors (Lipinski definition) is 2. The van der Waals surface area contributed by atoms with Crippen molar-refractivity contribution in [1.29, 1.82) is 0 Å². The molecule has 138 valence electrons. The molecule has 0 aliphatic carbocycles. The number of aryl methyl sites for hydroxylation is 2. The first-order valence-corrected chi connectivity index (χ1v) is 11.6. The molecule has 0 aromatic carbocycles. The predicted molar refractivity (Wildman–Crippen MR) is 102 cm³/mol. The Hall–Kier alpha value is -1.14. The number of urea groups is 1. The maximum absolute atomic E-state index is 12.3. The van der Waals surface area contributed by atoms with Gasteiger partial charge in [-0.25, -0.2) is 22.9 Å². The lowest BCUT2D eigenvalue weighted by Gasteiger charge is -2.04.